The second-order valence-corrected chi connectivity index (χ2v) is 6.21. The molecular weight excluding hydrogens is 290 g/mol. The van der Waals surface area contributed by atoms with E-state index in [2.05, 4.69) is 24.1 Å². The maximum Gasteiger partial charge on any atom is 0.140 e. The average molecular weight is 308 g/mol. The molecule has 0 aliphatic carbocycles. The summed E-state index contributed by atoms with van der Waals surface area (Å²) in [7, 11) is 0. The van der Waals surface area contributed by atoms with Gasteiger partial charge in [-0.1, -0.05) is 31.7 Å². The molecule has 0 fully saturated rings. The Bertz CT molecular complexity index is 630. The second-order valence-electron chi connectivity index (χ2n) is 5.18. The molecule has 0 aliphatic rings. The van der Waals surface area contributed by atoms with E-state index in [1.807, 2.05) is 13.0 Å². The third kappa shape index (κ3) is 4.51. The van der Waals surface area contributed by atoms with Gasteiger partial charge in [-0.05, 0) is 30.2 Å². The molecule has 1 aromatic heterocycles. The van der Waals surface area contributed by atoms with E-state index in [4.69, 9.17) is 0 Å². The Hall–Kier alpha value is -1.46. The monoisotopic (exact) mass is 308 g/mol. The van der Waals surface area contributed by atoms with Crippen LogP contribution in [0.2, 0.25) is 0 Å². The van der Waals surface area contributed by atoms with Crippen molar-refractivity contribution >= 4 is 11.8 Å². The van der Waals surface area contributed by atoms with Gasteiger partial charge < -0.3 is 5.32 Å². The zero-order valence-electron chi connectivity index (χ0n) is 12.3. The van der Waals surface area contributed by atoms with Crippen molar-refractivity contribution in [1.29, 1.82) is 0 Å². The highest BCUT2D eigenvalue weighted by molar-refractivity contribution is 7.99. The van der Waals surface area contributed by atoms with Crippen molar-refractivity contribution in [3.05, 3.63) is 53.2 Å². The Morgan fingerprint density at radius 1 is 1.24 bits per heavy atom. The third-order valence-corrected chi connectivity index (χ3v) is 4.07. The van der Waals surface area contributed by atoms with E-state index in [0.29, 0.717) is 10.9 Å². The lowest BCUT2D eigenvalue weighted by atomic mass is 10.2. The number of aryl methyl sites for hydroxylation is 1. The summed E-state index contributed by atoms with van der Waals surface area (Å²) in [6.45, 7) is 6.86. The fourth-order valence-electron chi connectivity index (χ4n) is 1.81. The summed E-state index contributed by atoms with van der Waals surface area (Å²) in [5.74, 6) is -1.14. The van der Waals surface area contributed by atoms with Gasteiger partial charge in [0, 0.05) is 29.7 Å². The number of nitrogens with zero attached hydrogens (tertiary/aromatic N) is 1. The minimum Gasteiger partial charge on any atom is -0.310 e. The number of rotatable bonds is 5. The first kappa shape index (κ1) is 15.9. The van der Waals surface area contributed by atoms with Gasteiger partial charge in [-0.2, -0.15) is 0 Å². The molecule has 1 aromatic carbocycles. The van der Waals surface area contributed by atoms with Crippen molar-refractivity contribution in [2.45, 2.75) is 43.3 Å². The molecule has 0 amide bonds. The van der Waals surface area contributed by atoms with E-state index >= 15 is 0 Å². The van der Waals surface area contributed by atoms with Crippen LogP contribution in [0.25, 0.3) is 0 Å². The lowest BCUT2D eigenvalue weighted by molar-refractivity contribution is 0.565. The van der Waals surface area contributed by atoms with Crippen LogP contribution in [0, 0.1) is 18.6 Å². The molecular formula is C16H18F2N2S. The van der Waals surface area contributed by atoms with Gasteiger partial charge in [-0.15, -0.1) is 0 Å². The van der Waals surface area contributed by atoms with Crippen LogP contribution in [0.15, 0.2) is 40.4 Å². The van der Waals surface area contributed by atoms with Gasteiger partial charge in [0.15, 0.2) is 0 Å². The minimum absolute atomic E-state index is 0.375. The minimum atomic E-state index is -0.573. The highest BCUT2D eigenvalue weighted by atomic mass is 32.2. The van der Waals surface area contributed by atoms with E-state index in [-0.39, 0.29) is 0 Å². The molecule has 0 aliphatic heterocycles. The van der Waals surface area contributed by atoms with Crippen LogP contribution in [-0.2, 0) is 6.54 Å². The van der Waals surface area contributed by atoms with E-state index in [1.165, 1.54) is 23.9 Å². The van der Waals surface area contributed by atoms with E-state index < -0.39 is 11.6 Å². The summed E-state index contributed by atoms with van der Waals surface area (Å²) >= 11 is 1.21. The molecule has 21 heavy (non-hydrogen) atoms. The van der Waals surface area contributed by atoms with Crippen molar-refractivity contribution in [3.63, 3.8) is 0 Å². The van der Waals surface area contributed by atoms with Crippen LogP contribution in [-0.4, -0.2) is 11.0 Å². The average Bonchev–Trinajstić information content (AvgIpc) is 2.42. The van der Waals surface area contributed by atoms with Crippen LogP contribution in [0.1, 0.15) is 25.0 Å². The molecule has 0 atom stereocenters. The topological polar surface area (TPSA) is 24.9 Å². The number of benzene rings is 1. The van der Waals surface area contributed by atoms with E-state index in [1.54, 1.807) is 6.20 Å². The number of hydrogen-bond donors (Lipinski definition) is 1. The van der Waals surface area contributed by atoms with Crippen molar-refractivity contribution in [1.82, 2.24) is 10.3 Å². The fraction of sp³-hybridized carbons (Fsp3) is 0.312. The smallest absolute Gasteiger partial charge is 0.140 e. The van der Waals surface area contributed by atoms with Crippen molar-refractivity contribution in [2.75, 3.05) is 0 Å². The lowest BCUT2D eigenvalue weighted by Crippen LogP contribution is -2.21. The van der Waals surface area contributed by atoms with Gasteiger partial charge in [0.05, 0.1) is 0 Å². The second kappa shape index (κ2) is 7.00. The SMILES string of the molecule is Cc1cc(CNC(C)C)cnc1Sc1ccc(F)cc1F. The zero-order chi connectivity index (χ0) is 15.4. The molecule has 0 bridgehead atoms. The van der Waals surface area contributed by atoms with Crippen LogP contribution < -0.4 is 5.32 Å². The molecule has 0 spiro atoms. The van der Waals surface area contributed by atoms with Crippen molar-refractivity contribution in [2.24, 2.45) is 0 Å². The summed E-state index contributed by atoms with van der Waals surface area (Å²) in [4.78, 5) is 4.75. The molecule has 2 rings (SSSR count). The van der Waals surface area contributed by atoms with Crippen molar-refractivity contribution < 1.29 is 8.78 Å². The third-order valence-electron chi connectivity index (χ3n) is 2.90. The standard InChI is InChI=1S/C16H18F2N2S/c1-10(2)19-8-12-6-11(3)16(20-9-12)21-15-5-4-13(17)7-14(15)18/h4-7,9-10,19H,8H2,1-3H3. The maximum absolute atomic E-state index is 13.7. The number of aromatic nitrogens is 1. The number of pyridine rings is 1. The first-order valence-electron chi connectivity index (χ1n) is 6.77. The van der Waals surface area contributed by atoms with Crippen molar-refractivity contribution in [3.8, 4) is 0 Å². The van der Waals surface area contributed by atoms with Gasteiger partial charge in [-0.3, -0.25) is 0 Å². The Balaban J connectivity index is 2.13. The molecule has 0 unspecified atom stereocenters. The quantitative estimate of drug-likeness (QED) is 0.890. The van der Waals surface area contributed by atoms with Gasteiger partial charge in [-0.25, -0.2) is 13.8 Å². The van der Waals surface area contributed by atoms with Gasteiger partial charge in [0.2, 0.25) is 0 Å². The molecule has 1 heterocycles. The Morgan fingerprint density at radius 3 is 2.62 bits per heavy atom. The molecule has 2 aromatic rings. The molecule has 0 radical (unpaired) electrons. The van der Waals surface area contributed by atoms with Gasteiger partial charge >= 0.3 is 0 Å². The van der Waals surface area contributed by atoms with E-state index in [0.717, 1.165) is 28.8 Å². The molecule has 0 saturated heterocycles. The highest BCUT2D eigenvalue weighted by Crippen LogP contribution is 2.31. The van der Waals surface area contributed by atoms with Gasteiger partial charge in [0.25, 0.3) is 0 Å². The van der Waals surface area contributed by atoms with Crippen LogP contribution >= 0.6 is 11.8 Å². The van der Waals surface area contributed by atoms with Crippen LogP contribution in [0.5, 0.6) is 0 Å². The molecule has 112 valence electrons. The number of hydrogen-bond acceptors (Lipinski definition) is 3. The summed E-state index contributed by atoms with van der Waals surface area (Å²) in [6.07, 6.45) is 1.78. The summed E-state index contributed by atoms with van der Waals surface area (Å²) in [5.41, 5.74) is 2.07. The normalized spacial score (nSPS) is 11.1. The highest BCUT2D eigenvalue weighted by Gasteiger charge is 2.09. The summed E-state index contributed by atoms with van der Waals surface area (Å²) in [5, 5.41) is 4.06. The lowest BCUT2D eigenvalue weighted by Gasteiger charge is -2.10. The number of nitrogens with one attached hydrogen (secondary N) is 1. The Kier molecular flexibility index (Phi) is 5.31. The first-order valence-corrected chi connectivity index (χ1v) is 7.59. The largest absolute Gasteiger partial charge is 0.310 e. The Labute approximate surface area is 128 Å². The summed E-state index contributed by atoms with van der Waals surface area (Å²) in [6, 6.07) is 6.02. The molecule has 5 heteroatoms. The molecule has 1 N–H and O–H groups in total. The maximum atomic E-state index is 13.7. The first-order chi connectivity index (χ1) is 9.95. The molecule has 0 saturated carbocycles. The number of halogens is 2. The van der Waals surface area contributed by atoms with Crippen LogP contribution in [0.4, 0.5) is 8.78 Å². The zero-order valence-corrected chi connectivity index (χ0v) is 13.1. The Morgan fingerprint density at radius 2 is 2.00 bits per heavy atom. The summed E-state index contributed by atoms with van der Waals surface area (Å²) < 4.78 is 26.6. The fourth-order valence-corrected chi connectivity index (χ4v) is 2.63. The molecule has 2 nitrogen and oxygen atoms in total. The van der Waals surface area contributed by atoms with Gasteiger partial charge in [0.1, 0.15) is 16.7 Å². The van der Waals surface area contributed by atoms with Crippen LogP contribution in [0.3, 0.4) is 0 Å². The van der Waals surface area contributed by atoms with E-state index in [9.17, 15) is 8.78 Å². The predicted molar refractivity (Wildman–Crippen MR) is 81.4 cm³/mol. The predicted octanol–water partition coefficient (Wildman–Crippen LogP) is 4.32.